The Labute approximate surface area is 169 Å². The molecule has 1 aromatic heterocycles. The fraction of sp³-hybridized carbons (Fsp3) is 0.300. The third kappa shape index (κ3) is 5.07. The minimum atomic E-state index is -5.03. The van der Waals surface area contributed by atoms with Gasteiger partial charge in [0, 0.05) is 6.07 Å². The third-order valence-corrected chi connectivity index (χ3v) is 4.05. The number of aryl methyl sites for hydroxylation is 1. The lowest BCUT2D eigenvalue weighted by atomic mass is 10.1. The summed E-state index contributed by atoms with van der Waals surface area (Å²) >= 11 is 0. The summed E-state index contributed by atoms with van der Waals surface area (Å²) in [7, 11) is 0. The third-order valence-electron chi connectivity index (χ3n) is 4.05. The van der Waals surface area contributed by atoms with E-state index in [0.717, 1.165) is 17.7 Å². The summed E-state index contributed by atoms with van der Waals surface area (Å²) in [6, 6.07) is 8.16. The molecule has 0 bridgehead atoms. The molecule has 0 saturated heterocycles. The summed E-state index contributed by atoms with van der Waals surface area (Å²) in [5.41, 5.74) is 0.719. The number of aromatic nitrogens is 2. The van der Waals surface area contributed by atoms with Crippen LogP contribution in [-0.2, 0) is 4.79 Å². The monoisotopic (exact) mass is 425 g/mol. The first-order chi connectivity index (χ1) is 13.8. The van der Waals surface area contributed by atoms with E-state index in [0.29, 0.717) is 11.0 Å². The zero-order valence-electron chi connectivity index (χ0n) is 16.3. The maximum atomic E-state index is 14.3. The van der Waals surface area contributed by atoms with Gasteiger partial charge < -0.3 is 9.84 Å². The number of amides is 1. The highest BCUT2D eigenvalue weighted by atomic mass is 19.4. The molecule has 0 atom stereocenters. The predicted molar refractivity (Wildman–Crippen MR) is 102 cm³/mol. The van der Waals surface area contributed by atoms with E-state index < -0.39 is 29.4 Å². The predicted octanol–water partition coefficient (Wildman–Crippen LogP) is 4.47. The van der Waals surface area contributed by atoms with E-state index >= 15 is 0 Å². The highest BCUT2D eigenvalue weighted by Gasteiger charge is 2.32. The van der Waals surface area contributed by atoms with Gasteiger partial charge >= 0.3 is 6.36 Å². The Balaban J connectivity index is 2.08. The normalized spacial score (nSPS) is 12.3. The fourth-order valence-corrected chi connectivity index (χ4v) is 2.93. The number of alkyl halides is 3. The molecule has 0 unspecified atom stereocenters. The fourth-order valence-electron chi connectivity index (χ4n) is 2.93. The molecule has 0 radical (unpaired) electrons. The molecule has 0 spiro atoms. The van der Waals surface area contributed by atoms with Crippen molar-refractivity contribution in [1.82, 2.24) is 9.55 Å². The Morgan fingerprint density at radius 1 is 1.20 bits per heavy atom. The first-order valence-corrected chi connectivity index (χ1v) is 8.89. The van der Waals surface area contributed by atoms with Gasteiger partial charge in [-0.1, -0.05) is 6.07 Å². The Bertz CT molecular complexity index is 1100. The molecule has 2 aromatic carbocycles. The zero-order chi connectivity index (χ0) is 22.3. The van der Waals surface area contributed by atoms with Crippen LogP contribution in [-0.4, -0.2) is 32.5 Å². The number of carbonyl (C=O) groups is 1. The van der Waals surface area contributed by atoms with Crippen molar-refractivity contribution in [1.29, 1.82) is 0 Å². The number of fused-ring (bicyclic) bond motifs is 1. The van der Waals surface area contributed by atoms with Crippen LogP contribution >= 0.6 is 0 Å². The topological polar surface area (TPSA) is 76.4 Å². The smallest absolute Gasteiger partial charge is 0.403 e. The number of rotatable bonds is 5. The number of halogens is 4. The molecule has 160 valence electrons. The molecule has 6 nitrogen and oxygen atoms in total. The van der Waals surface area contributed by atoms with Gasteiger partial charge in [-0.15, -0.1) is 13.2 Å². The van der Waals surface area contributed by atoms with E-state index in [1.807, 2.05) is 6.92 Å². The number of hydrogen-bond donors (Lipinski definition) is 2. The van der Waals surface area contributed by atoms with E-state index in [4.69, 9.17) is 0 Å². The van der Waals surface area contributed by atoms with Gasteiger partial charge in [0.05, 0.1) is 28.7 Å². The molecule has 0 aliphatic heterocycles. The minimum absolute atomic E-state index is 0.0359. The van der Waals surface area contributed by atoms with Gasteiger partial charge in [-0.25, -0.2) is 9.37 Å². The van der Waals surface area contributed by atoms with Gasteiger partial charge in [-0.3, -0.25) is 14.7 Å². The van der Waals surface area contributed by atoms with Crippen LogP contribution in [0.3, 0.4) is 0 Å². The summed E-state index contributed by atoms with van der Waals surface area (Å²) in [6.45, 7) is 4.76. The molecule has 30 heavy (non-hydrogen) atoms. The van der Waals surface area contributed by atoms with Gasteiger partial charge in [-0.05, 0) is 50.6 Å². The van der Waals surface area contributed by atoms with Crippen molar-refractivity contribution in [2.45, 2.75) is 39.2 Å². The number of aliphatic hydroxyl groups is 1. The standard InChI is InChI=1S/C20H19F4N3O3/c1-11-4-6-14-15(8-11)27(18(25-14)26-17(28)10-19(2,3)29)12-5-7-16(13(21)9-12)30-20(22,23)24/h4-9,29H,10H2,1-3H3,(H,25,26,28). The van der Waals surface area contributed by atoms with Gasteiger partial charge in [0.25, 0.3) is 0 Å². The van der Waals surface area contributed by atoms with Crippen molar-refractivity contribution >= 4 is 22.9 Å². The molecule has 3 rings (SSSR count). The van der Waals surface area contributed by atoms with Crippen LogP contribution in [0.15, 0.2) is 36.4 Å². The second-order valence-corrected chi connectivity index (χ2v) is 7.46. The summed E-state index contributed by atoms with van der Waals surface area (Å²) in [6.07, 6.45) is -5.25. The van der Waals surface area contributed by atoms with Crippen LogP contribution in [0.5, 0.6) is 5.75 Å². The van der Waals surface area contributed by atoms with Crippen molar-refractivity contribution in [2.24, 2.45) is 0 Å². The number of ether oxygens (including phenoxy) is 1. The maximum absolute atomic E-state index is 14.3. The van der Waals surface area contributed by atoms with Gasteiger partial charge in [0.1, 0.15) is 0 Å². The minimum Gasteiger partial charge on any atom is -0.403 e. The molecular formula is C20H19F4N3O3. The Hall–Kier alpha value is -3.14. The van der Waals surface area contributed by atoms with Crippen LogP contribution in [0, 0.1) is 12.7 Å². The van der Waals surface area contributed by atoms with Crippen molar-refractivity contribution in [3.63, 3.8) is 0 Å². The van der Waals surface area contributed by atoms with Gasteiger partial charge in [0.15, 0.2) is 11.6 Å². The van der Waals surface area contributed by atoms with Crippen LogP contribution < -0.4 is 10.1 Å². The largest absolute Gasteiger partial charge is 0.573 e. The summed E-state index contributed by atoms with van der Waals surface area (Å²) in [5.74, 6) is -2.70. The van der Waals surface area contributed by atoms with E-state index in [2.05, 4.69) is 15.0 Å². The second-order valence-electron chi connectivity index (χ2n) is 7.46. The number of hydrogen-bond acceptors (Lipinski definition) is 4. The van der Waals surface area contributed by atoms with E-state index in [-0.39, 0.29) is 18.1 Å². The number of carbonyl (C=O) groups excluding carboxylic acids is 1. The average molecular weight is 425 g/mol. The number of nitrogens with one attached hydrogen (secondary N) is 1. The van der Waals surface area contributed by atoms with Crippen molar-refractivity contribution in [3.8, 4) is 11.4 Å². The highest BCUT2D eigenvalue weighted by molar-refractivity contribution is 5.93. The zero-order valence-corrected chi connectivity index (χ0v) is 16.3. The molecule has 2 N–H and O–H groups in total. The van der Waals surface area contributed by atoms with Crippen LogP contribution in [0.25, 0.3) is 16.7 Å². The molecule has 0 saturated carbocycles. The number of benzene rings is 2. The average Bonchev–Trinajstić information content (AvgIpc) is 2.90. The first-order valence-electron chi connectivity index (χ1n) is 8.89. The van der Waals surface area contributed by atoms with E-state index in [9.17, 15) is 27.5 Å². The Morgan fingerprint density at radius 3 is 2.50 bits per heavy atom. The van der Waals surface area contributed by atoms with Crippen molar-refractivity contribution < 1.29 is 32.2 Å². The molecular weight excluding hydrogens is 406 g/mol. The lowest BCUT2D eigenvalue weighted by molar-refractivity contribution is -0.275. The number of imidazole rings is 1. The quantitative estimate of drug-likeness (QED) is 0.592. The van der Waals surface area contributed by atoms with Crippen LogP contribution in [0.2, 0.25) is 0 Å². The van der Waals surface area contributed by atoms with Crippen LogP contribution in [0.1, 0.15) is 25.8 Å². The molecule has 0 aliphatic rings. The molecule has 3 aromatic rings. The molecule has 0 fully saturated rings. The number of anilines is 1. The van der Waals surface area contributed by atoms with E-state index in [1.165, 1.54) is 24.5 Å². The lowest BCUT2D eigenvalue weighted by Crippen LogP contribution is -2.28. The highest BCUT2D eigenvalue weighted by Crippen LogP contribution is 2.31. The lowest BCUT2D eigenvalue weighted by Gasteiger charge is -2.17. The first kappa shape index (κ1) is 21.6. The molecule has 1 heterocycles. The molecule has 10 heteroatoms. The summed E-state index contributed by atoms with van der Waals surface area (Å²) in [4.78, 5) is 16.6. The van der Waals surface area contributed by atoms with Crippen LogP contribution in [0.4, 0.5) is 23.5 Å². The molecule has 1 amide bonds. The summed E-state index contributed by atoms with van der Waals surface area (Å²) < 4.78 is 56.6. The Kier molecular flexibility index (Phi) is 5.46. The van der Waals surface area contributed by atoms with Gasteiger partial charge in [-0.2, -0.15) is 0 Å². The van der Waals surface area contributed by atoms with Crippen molar-refractivity contribution in [2.75, 3.05) is 5.32 Å². The summed E-state index contributed by atoms with van der Waals surface area (Å²) in [5, 5.41) is 12.4. The SMILES string of the molecule is Cc1ccc2nc(NC(=O)CC(C)(C)O)n(-c3ccc(OC(F)(F)F)c(F)c3)c2c1. The van der Waals surface area contributed by atoms with Crippen molar-refractivity contribution in [3.05, 3.63) is 47.8 Å². The molecule has 0 aliphatic carbocycles. The number of nitrogens with zero attached hydrogens (tertiary/aromatic N) is 2. The second kappa shape index (κ2) is 7.60. The maximum Gasteiger partial charge on any atom is 0.573 e. The van der Waals surface area contributed by atoms with Gasteiger partial charge in [0.2, 0.25) is 11.9 Å². The van der Waals surface area contributed by atoms with E-state index in [1.54, 1.807) is 18.2 Å². The Morgan fingerprint density at radius 2 is 1.90 bits per heavy atom.